The van der Waals surface area contributed by atoms with Crippen molar-refractivity contribution in [2.24, 2.45) is 0 Å². The normalized spacial score (nSPS) is 13.6. The number of halogens is 1. The van der Waals surface area contributed by atoms with Crippen LogP contribution in [0.1, 0.15) is 13.8 Å². The number of aliphatic hydroxyl groups is 1. The van der Waals surface area contributed by atoms with E-state index in [4.69, 9.17) is 5.11 Å². The number of anilines is 1. The van der Waals surface area contributed by atoms with Gasteiger partial charge in [-0.3, -0.25) is 0 Å². The first-order chi connectivity index (χ1) is 8.84. The van der Waals surface area contributed by atoms with Crippen LogP contribution in [-0.2, 0) is 10.0 Å². The maximum absolute atomic E-state index is 12.5. The van der Waals surface area contributed by atoms with E-state index in [0.717, 1.165) is 4.31 Å². The number of nitrogens with one attached hydrogen (secondary N) is 1. The first-order valence-corrected chi connectivity index (χ1v) is 8.06. The van der Waals surface area contributed by atoms with Crippen molar-refractivity contribution in [2.45, 2.75) is 24.8 Å². The molecular formula is C11H18BrN3O3S. The molecule has 1 aromatic rings. The number of pyridine rings is 1. The lowest BCUT2D eigenvalue weighted by molar-refractivity contribution is 0.214. The predicted molar refractivity (Wildman–Crippen MR) is 77.6 cm³/mol. The second kappa shape index (κ2) is 6.65. The Bertz CT molecular complexity index is 536. The molecule has 108 valence electrons. The Morgan fingerprint density at radius 1 is 1.58 bits per heavy atom. The largest absolute Gasteiger partial charge is 0.395 e. The third kappa shape index (κ3) is 3.65. The van der Waals surface area contributed by atoms with E-state index in [1.54, 1.807) is 6.92 Å². The summed E-state index contributed by atoms with van der Waals surface area (Å²) in [6.07, 6.45) is 1.53. The summed E-state index contributed by atoms with van der Waals surface area (Å²) in [5.74, 6) is 0.308. The van der Waals surface area contributed by atoms with Crippen molar-refractivity contribution in [3.05, 3.63) is 16.7 Å². The summed E-state index contributed by atoms with van der Waals surface area (Å²) < 4.78 is 26.7. The standard InChI is InChI=1S/C11H18BrN3O3S/c1-4-13-11-10(5-9(12)6-14-11)19(17,18)15(3)8(2)7-16/h5-6,8,16H,4,7H2,1-3H3,(H,13,14). The predicted octanol–water partition coefficient (Wildman–Crippen LogP) is 1.28. The van der Waals surface area contributed by atoms with Gasteiger partial charge < -0.3 is 10.4 Å². The molecule has 8 heteroatoms. The van der Waals surface area contributed by atoms with Crippen LogP contribution in [0.4, 0.5) is 5.82 Å². The molecule has 0 radical (unpaired) electrons. The Morgan fingerprint density at radius 3 is 2.74 bits per heavy atom. The van der Waals surface area contributed by atoms with E-state index < -0.39 is 16.1 Å². The Hall–Kier alpha value is -0.700. The van der Waals surface area contributed by atoms with Gasteiger partial charge in [-0.25, -0.2) is 13.4 Å². The van der Waals surface area contributed by atoms with Gasteiger partial charge >= 0.3 is 0 Å². The molecule has 0 aliphatic rings. The van der Waals surface area contributed by atoms with Crippen LogP contribution < -0.4 is 5.32 Å². The number of aliphatic hydroxyl groups excluding tert-OH is 1. The lowest BCUT2D eigenvalue weighted by Gasteiger charge is -2.23. The van der Waals surface area contributed by atoms with E-state index in [1.165, 1.54) is 19.3 Å². The van der Waals surface area contributed by atoms with Crippen LogP contribution >= 0.6 is 15.9 Å². The molecule has 0 fully saturated rings. The van der Waals surface area contributed by atoms with Gasteiger partial charge in [0, 0.05) is 30.3 Å². The number of hydrogen-bond donors (Lipinski definition) is 2. The van der Waals surface area contributed by atoms with Crippen molar-refractivity contribution >= 4 is 31.8 Å². The fourth-order valence-corrected chi connectivity index (χ4v) is 3.40. The SMILES string of the molecule is CCNc1ncc(Br)cc1S(=O)(=O)N(C)C(C)CO. The zero-order valence-corrected chi connectivity index (χ0v) is 13.5. The number of aromatic nitrogens is 1. The molecule has 0 saturated heterocycles. The van der Waals surface area contributed by atoms with E-state index >= 15 is 0 Å². The lowest BCUT2D eigenvalue weighted by Crippen LogP contribution is -2.37. The van der Waals surface area contributed by atoms with Gasteiger partial charge in [0.1, 0.15) is 10.7 Å². The van der Waals surface area contributed by atoms with Crippen molar-refractivity contribution in [1.29, 1.82) is 0 Å². The summed E-state index contributed by atoms with van der Waals surface area (Å²) in [6, 6.07) is 0.999. The van der Waals surface area contributed by atoms with Crippen molar-refractivity contribution in [1.82, 2.24) is 9.29 Å². The van der Waals surface area contributed by atoms with Crippen molar-refractivity contribution in [3.8, 4) is 0 Å². The Kier molecular flexibility index (Phi) is 5.72. The molecule has 1 aromatic heterocycles. The molecule has 0 aromatic carbocycles. The quantitative estimate of drug-likeness (QED) is 0.806. The zero-order chi connectivity index (χ0) is 14.6. The van der Waals surface area contributed by atoms with Gasteiger partial charge in [-0.2, -0.15) is 4.31 Å². The molecule has 1 rings (SSSR count). The smallest absolute Gasteiger partial charge is 0.246 e. The Morgan fingerprint density at radius 2 is 2.21 bits per heavy atom. The van der Waals surface area contributed by atoms with E-state index in [0.29, 0.717) is 16.8 Å². The van der Waals surface area contributed by atoms with E-state index in [-0.39, 0.29) is 11.5 Å². The topological polar surface area (TPSA) is 82.5 Å². The number of sulfonamides is 1. The third-order valence-corrected chi connectivity index (χ3v) is 5.12. The van der Waals surface area contributed by atoms with Crippen LogP contribution in [-0.4, -0.2) is 49.1 Å². The van der Waals surface area contributed by atoms with Gasteiger partial charge in [0.25, 0.3) is 0 Å². The summed E-state index contributed by atoms with van der Waals surface area (Å²) in [5.41, 5.74) is 0. The van der Waals surface area contributed by atoms with Gasteiger partial charge in [0.15, 0.2) is 0 Å². The Labute approximate surface area is 122 Å². The fourth-order valence-electron chi connectivity index (χ4n) is 1.42. The average Bonchev–Trinajstić information content (AvgIpc) is 2.39. The van der Waals surface area contributed by atoms with Gasteiger partial charge in [-0.15, -0.1) is 0 Å². The van der Waals surface area contributed by atoms with Crippen LogP contribution in [0, 0.1) is 0 Å². The maximum Gasteiger partial charge on any atom is 0.246 e. The highest BCUT2D eigenvalue weighted by atomic mass is 79.9. The van der Waals surface area contributed by atoms with E-state index in [2.05, 4.69) is 26.2 Å². The second-order valence-corrected chi connectivity index (χ2v) is 6.97. The van der Waals surface area contributed by atoms with E-state index in [1.807, 2.05) is 6.92 Å². The summed E-state index contributed by atoms with van der Waals surface area (Å²) in [5, 5.41) is 12.0. The van der Waals surface area contributed by atoms with Crippen molar-refractivity contribution in [3.63, 3.8) is 0 Å². The minimum Gasteiger partial charge on any atom is -0.395 e. The minimum atomic E-state index is -3.71. The van der Waals surface area contributed by atoms with Crippen LogP contribution in [0.3, 0.4) is 0 Å². The summed E-state index contributed by atoms with van der Waals surface area (Å²) in [7, 11) is -2.27. The Balaban J connectivity index is 3.30. The van der Waals surface area contributed by atoms with Crippen molar-refractivity contribution < 1.29 is 13.5 Å². The highest BCUT2D eigenvalue weighted by molar-refractivity contribution is 9.10. The molecule has 0 spiro atoms. The highest BCUT2D eigenvalue weighted by Gasteiger charge is 2.28. The first kappa shape index (κ1) is 16.4. The zero-order valence-electron chi connectivity index (χ0n) is 11.1. The van der Waals surface area contributed by atoms with Gasteiger partial charge in [0.05, 0.1) is 6.61 Å². The lowest BCUT2D eigenvalue weighted by atomic mass is 10.4. The van der Waals surface area contributed by atoms with Gasteiger partial charge in [0.2, 0.25) is 10.0 Å². The van der Waals surface area contributed by atoms with Gasteiger partial charge in [-0.05, 0) is 35.8 Å². The first-order valence-electron chi connectivity index (χ1n) is 5.82. The molecule has 6 nitrogen and oxygen atoms in total. The fraction of sp³-hybridized carbons (Fsp3) is 0.545. The highest BCUT2D eigenvalue weighted by Crippen LogP contribution is 2.26. The van der Waals surface area contributed by atoms with E-state index in [9.17, 15) is 8.42 Å². The molecule has 1 atom stereocenters. The van der Waals surface area contributed by atoms with Crippen LogP contribution in [0.5, 0.6) is 0 Å². The minimum absolute atomic E-state index is 0.0894. The molecule has 1 heterocycles. The van der Waals surface area contributed by atoms with Crippen LogP contribution in [0.15, 0.2) is 21.6 Å². The van der Waals surface area contributed by atoms with Crippen LogP contribution in [0.25, 0.3) is 0 Å². The molecule has 2 N–H and O–H groups in total. The maximum atomic E-state index is 12.5. The van der Waals surface area contributed by atoms with Crippen LogP contribution in [0.2, 0.25) is 0 Å². The molecule has 0 aliphatic heterocycles. The number of likely N-dealkylation sites (N-methyl/N-ethyl adjacent to an activating group) is 1. The monoisotopic (exact) mass is 351 g/mol. The molecule has 1 unspecified atom stereocenters. The second-order valence-electron chi connectivity index (χ2n) is 4.08. The number of hydrogen-bond acceptors (Lipinski definition) is 5. The van der Waals surface area contributed by atoms with Gasteiger partial charge in [-0.1, -0.05) is 0 Å². The molecule has 19 heavy (non-hydrogen) atoms. The molecule has 0 amide bonds. The number of rotatable bonds is 6. The summed E-state index contributed by atoms with van der Waals surface area (Å²) in [4.78, 5) is 4.16. The third-order valence-electron chi connectivity index (χ3n) is 2.71. The van der Waals surface area contributed by atoms with Crippen molar-refractivity contribution in [2.75, 3.05) is 25.5 Å². The molecule has 0 bridgehead atoms. The molecular weight excluding hydrogens is 334 g/mol. The number of nitrogens with zero attached hydrogens (tertiary/aromatic N) is 2. The summed E-state index contributed by atoms with van der Waals surface area (Å²) >= 11 is 3.22. The average molecular weight is 352 g/mol. The summed E-state index contributed by atoms with van der Waals surface area (Å²) in [6.45, 7) is 3.82. The molecule has 0 aliphatic carbocycles. The molecule has 0 saturated carbocycles.